The van der Waals surface area contributed by atoms with Crippen LogP contribution in [0.25, 0.3) is 87.6 Å². The van der Waals surface area contributed by atoms with E-state index < -0.39 is 0 Å². The fourth-order valence-corrected chi connectivity index (χ4v) is 13.0. The Morgan fingerprint density at radius 3 is 0.869 bits per heavy atom. The van der Waals surface area contributed by atoms with E-state index in [4.69, 9.17) is 0 Å². The first kappa shape index (κ1) is 51.8. The Balaban J connectivity index is 0.857. The number of nitrogens with zero attached hydrogens (tertiary/aromatic N) is 2. The highest BCUT2D eigenvalue weighted by Gasteiger charge is 2.26. The molecule has 84 heavy (non-hydrogen) atoms. The van der Waals surface area contributed by atoms with Crippen molar-refractivity contribution in [3.05, 3.63) is 325 Å². The van der Waals surface area contributed by atoms with Crippen molar-refractivity contribution in [1.82, 2.24) is 0 Å². The first-order valence-electron chi connectivity index (χ1n) is 29.3. The zero-order valence-electron chi connectivity index (χ0n) is 48.2. The Morgan fingerprint density at radius 2 is 0.512 bits per heavy atom. The van der Waals surface area contributed by atoms with Crippen LogP contribution in [0.1, 0.15) is 41.7 Å². The molecular formula is C82H64N2. The zero-order valence-corrected chi connectivity index (χ0v) is 48.2. The first-order valence-corrected chi connectivity index (χ1v) is 29.3. The Labute approximate surface area is 493 Å². The summed E-state index contributed by atoms with van der Waals surface area (Å²) >= 11 is 0. The molecule has 0 aromatic heterocycles. The minimum absolute atomic E-state index is 0.332. The van der Waals surface area contributed by atoms with Crippen molar-refractivity contribution in [2.75, 3.05) is 9.80 Å². The topological polar surface area (TPSA) is 6.48 Å². The highest BCUT2D eigenvalue weighted by Crippen LogP contribution is 2.45. The van der Waals surface area contributed by atoms with Crippen molar-refractivity contribution in [3.8, 4) is 44.5 Å². The molecule has 402 valence electrons. The van der Waals surface area contributed by atoms with E-state index in [1.54, 1.807) is 0 Å². The maximum atomic E-state index is 2.45. The van der Waals surface area contributed by atoms with Crippen molar-refractivity contribution in [2.24, 2.45) is 0 Å². The predicted molar refractivity (Wildman–Crippen MR) is 360 cm³/mol. The van der Waals surface area contributed by atoms with E-state index in [-0.39, 0.29) is 5.41 Å². The molecule has 0 bridgehead atoms. The molecule has 0 saturated heterocycles. The summed E-state index contributed by atoms with van der Waals surface area (Å²) in [6.07, 6.45) is 0. The highest BCUT2D eigenvalue weighted by molar-refractivity contribution is 6.01. The van der Waals surface area contributed by atoms with Crippen LogP contribution in [0.5, 0.6) is 0 Å². The standard InChI is InChI=1S/C82H64N2/c1-55-45-63(79-34-16-24-59-20-7-11-30-75(59)79)52-71(48-55)83(70-28-14-27-62(51-70)78-33-15-23-58-19-6-10-29-74(58)78)68-41-37-66(38-42-68)82(4,5)67-39-43-69(44-40-67)84(72-49-56(2)46-64(53-72)80-35-17-25-60-21-8-12-31-76(60)80)73-50-57(3)47-65(54-73)81-36-18-26-61-22-9-13-32-77(61)81/h6-54H,1-5H3. The van der Waals surface area contributed by atoms with Crippen LogP contribution in [0, 0.1) is 20.8 Å². The third-order valence-electron chi connectivity index (χ3n) is 17.2. The van der Waals surface area contributed by atoms with Crippen LogP contribution in [0.4, 0.5) is 34.1 Å². The van der Waals surface area contributed by atoms with Gasteiger partial charge in [0.15, 0.2) is 0 Å². The molecule has 0 fully saturated rings. The maximum absolute atomic E-state index is 2.45. The summed E-state index contributed by atoms with van der Waals surface area (Å²) in [5, 5.41) is 9.92. The molecule has 0 aliphatic carbocycles. The fourth-order valence-electron chi connectivity index (χ4n) is 13.0. The van der Waals surface area contributed by atoms with E-state index in [1.165, 1.54) is 115 Å². The molecule has 14 rings (SSSR count). The minimum Gasteiger partial charge on any atom is -0.310 e. The van der Waals surface area contributed by atoms with Gasteiger partial charge in [0.05, 0.1) is 0 Å². The summed E-state index contributed by atoms with van der Waals surface area (Å²) in [4.78, 5) is 4.89. The monoisotopic (exact) mass is 1080 g/mol. The molecule has 0 heterocycles. The van der Waals surface area contributed by atoms with Crippen LogP contribution in [0.2, 0.25) is 0 Å². The minimum atomic E-state index is -0.332. The summed E-state index contributed by atoms with van der Waals surface area (Å²) in [7, 11) is 0. The van der Waals surface area contributed by atoms with Crippen molar-refractivity contribution in [3.63, 3.8) is 0 Å². The van der Waals surface area contributed by atoms with Gasteiger partial charge in [-0.3, -0.25) is 0 Å². The molecule has 0 atom stereocenters. The Hall–Kier alpha value is -10.3. The summed E-state index contributed by atoms with van der Waals surface area (Å²) < 4.78 is 0. The van der Waals surface area contributed by atoms with Crippen LogP contribution in [0.3, 0.4) is 0 Å². The average Bonchev–Trinajstić information content (AvgIpc) is 2.94. The third kappa shape index (κ3) is 9.76. The van der Waals surface area contributed by atoms with Crippen LogP contribution in [-0.4, -0.2) is 0 Å². The number of hydrogen-bond donors (Lipinski definition) is 0. The van der Waals surface area contributed by atoms with Gasteiger partial charge in [0.1, 0.15) is 0 Å². The predicted octanol–water partition coefficient (Wildman–Crippen LogP) is 23.2. The number of benzene rings is 14. The van der Waals surface area contributed by atoms with Gasteiger partial charge in [-0.25, -0.2) is 0 Å². The van der Waals surface area contributed by atoms with Crippen LogP contribution in [0.15, 0.2) is 297 Å². The van der Waals surface area contributed by atoms with E-state index in [9.17, 15) is 0 Å². The molecule has 2 nitrogen and oxygen atoms in total. The number of aryl methyl sites for hydroxylation is 3. The second-order valence-corrected chi connectivity index (χ2v) is 23.2. The maximum Gasteiger partial charge on any atom is 0.0470 e. The van der Waals surface area contributed by atoms with Gasteiger partial charge < -0.3 is 9.80 Å². The SMILES string of the molecule is Cc1cc(-c2cccc3ccccc23)cc(N(c2ccc(C(C)(C)c3ccc(N(c4cc(C)cc(-c5cccc6ccccc56)c4)c4cc(C)cc(-c5cccc6ccccc56)c4)cc3)cc2)c2cccc(-c3cccc4ccccc34)c2)c1. The van der Waals surface area contributed by atoms with E-state index in [1.807, 2.05) is 0 Å². The second kappa shape index (κ2) is 21.6. The molecule has 14 aromatic rings. The number of rotatable bonds is 12. The van der Waals surface area contributed by atoms with E-state index in [0.717, 1.165) is 34.1 Å². The Kier molecular flexibility index (Phi) is 13.3. The molecule has 0 radical (unpaired) electrons. The average molecular weight is 1080 g/mol. The quantitative estimate of drug-likeness (QED) is 0.120. The number of anilines is 6. The lowest BCUT2D eigenvalue weighted by Crippen LogP contribution is -2.19. The summed E-state index contributed by atoms with van der Waals surface area (Å²) in [6, 6.07) is 110. The summed E-state index contributed by atoms with van der Waals surface area (Å²) in [6.45, 7) is 11.4. The third-order valence-corrected chi connectivity index (χ3v) is 17.2. The lowest BCUT2D eigenvalue weighted by atomic mass is 9.78. The van der Waals surface area contributed by atoms with Crippen LogP contribution >= 0.6 is 0 Å². The zero-order chi connectivity index (χ0) is 56.9. The summed E-state index contributed by atoms with van der Waals surface area (Å²) in [5.41, 5.74) is 22.0. The van der Waals surface area contributed by atoms with Gasteiger partial charge in [-0.1, -0.05) is 238 Å². The van der Waals surface area contributed by atoms with Gasteiger partial charge in [-0.15, -0.1) is 0 Å². The van der Waals surface area contributed by atoms with Crippen molar-refractivity contribution >= 4 is 77.2 Å². The second-order valence-electron chi connectivity index (χ2n) is 23.2. The van der Waals surface area contributed by atoms with Crippen molar-refractivity contribution in [2.45, 2.75) is 40.0 Å². The molecule has 0 aliphatic heterocycles. The molecular weight excluding hydrogens is 1010 g/mol. The normalized spacial score (nSPS) is 11.6. The van der Waals surface area contributed by atoms with Gasteiger partial charge in [0.25, 0.3) is 0 Å². The number of fused-ring (bicyclic) bond motifs is 4. The molecule has 0 aliphatic rings. The lowest BCUT2D eigenvalue weighted by Gasteiger charge is -2.31. The van der Waals surface area contributed by atoms with Crippen LogP contribution < -0.4 is 9.80 Å². The van der Waals surface area contributed by atoms with Gasteiger partial charge >= 0.3 is 0 Å². The molecule has 14 aromatic carbocycles. The lowest BCUT2D eigenvalue weighted by molar-refractivity contribution is 0.641. The molecule has 0 N–H and O–H groups in total. The van der Waals surface area contributed by atoms with Gasteiger partial charge in [0.2, 0.25) is 0 Å². The largest absolute Gasteiger partial charge is 0.310 e. The molecule has 0 saturated carbocycles. The van der Waals surface area contributed by atoms with Gasteiger partial charge in [-0.2, -0.15) is 0 Å². The van der Waals surface area contributed by atoms with Crippen LogP contribution in [-0.2, 0) is 5.41 Å². The van der Waals surface area contributed by atoms with E-state index in [2.05, 4.69) is 342 Å². The fraction of sp³-hybridized carbons (Fsp3) is 0.0732. The molecule has 0 spiro atoms. The Morgan fingerprint density at radius 1 is 0.226 bits per heavy atom. The van der Waals surface area contributed by atoms with E-state index in [0.29, 0.717) is 0 Å². The van der Waals surface area contributed by atoms with Crippen molar-refractivity contribution in [1.29, 1.82) is 0 Å². The first-order chi connectivity index (χ1) is 41.1. The van der Waals surface area contributed by atoms with Gasteiger partial charge in [0, 0.05) is 39.5 Å². The van der Waals surface area contributed by atoms with Gasteiger partial charge in [-0.05, 0) is 209 Å². The van der Waals surface area contributed by atoms with Crippen molar-refractivity contribution < 1.29 is 0 Å². The molecule has 0 amide bonds. The highest BCUT2D eigenvalue weighted by atomic mass is 15.1. The smallest absolute Gasteiger partial charge is 0.0470 e. The number of hydrogen-bond acceptors (Lipinski definition) is 2. The Bertz CT molecular complexity index is 4650. The molecule has 2 heteroatoms. The summed E-state index contributed by atoms with van der Waals surface area (Å²) in [5.74, 6) is 0. The molecule has 0 unspecified atom stereocenters. The van der Waals surface area contributed by atoms with E-state index >= 15 is 0 Å².